The van der Waals surface area contributed by atoms with Gasteiger partial charge in [-0.15, -0.1) is 0 Å². The molecular formula is C37H39F5N6O5. The summed E-state index contributed by atoms with van der Waals surface area (Å²) in [6.45, 7) is 12.3. The van der Waals surface area contributed by atoms with E-state index in [9.17, 15) is 31.5 Å². The number of pyridine rings is 1. The van der Waals surface area contributed by atoms with Gasteiger partial charge in [0, 0.05) is 38.4 Å². The average molecular weight is 743 g/mol. The van der Waals surface area contributed by atoms with Crippen LogP contribution in [-0.2, 0) is 4.74 Å². The molecule has 53 heavy (non-hydrogen) atoms. The van der Waals surface area contributed by atoms with Crippen molar-refractivity contribution in [1.29, 1.82) is 0 Å². The largest absolute Gasteiger partial charge is 0.482 e. The molecule has 0 radical (unpaired) electrons. The molecule has 1 aliphatic heterocycles. The first-order valence-corrected chi connectivity index (χ1v) is 17.1. The minimum absolute atomic E-state index is 0.0955. The van der Waals surface area contributed by atoms with E-state index in [0.717, 1.165) is 18.4 Å². The van der Waals surface area contributed by atoms with E-state index in [1.165, 1.54) is 19.1 Å². The van der Waals surface area contributed by atoms with Crippen LogP contribution in [0, 0.1) is 42.9 Å². The van der Waals surface area contributed by atoms with Crippen molar-refractivity contribution in [2.45, 2.75) is 78.0 Å². The number of nitrogens with one attached hydrogen (secondary N) is 1. The number of aromatic nitrogens is 4. The maximum absolute atomic E-state index is 14.4. The van der Waals surface area contributed by atoms with Crippen molar-refractivity contribution >= 4 is 12.1 Å². The highest BCUT2D eigenvalue weighted by atomic mass is 19.2. The Bertz CT molecular complexity index is 2000. The Hall–Kier alpha value is -5.12. The van der Waals surface area contributed by atoms with Gasteiger partial charge in [-0.05, 0) is 89.6 Å². The number of benzene rings is 2. The SMILES string of the molecule is Cc1nc(-c2cc(C(=O)Oc3c(F)c(F)c(F)c(F)c3F)c(C)cc2O[C@H](CN2CCN(C(=O)OC(C)(C)C)[C@H](C)C2)c2ccc(C3CC3)cn2)n[nH]1. The molecule has 6 rings (SSSR count). The van der Waals surface area contributed by atoms with E-state index >= 15 is 0 Å². The molecule has 1 saturated carbocycles. The Morgan fingerprint density at radius 1 is 0.981 bits per heavy atom. The Balaban J connectivity index is 1.32. The van der Waals surface area contributed by atoms with Gasteiger partial charge in [0.05, 0.1) is 16.8 Å². The summed E-state index contributed by atoms with van der Waals surface area (Å²) in [5.41, 5.74) is 1.19. The highest BCUT2D eigenvalue weighted by Crippen LogP contribution is 2.40. The fraction of sp³-hybridized carbons (Fsp3) is 0.432. The third-order valence-electron chi connectivity index (χ3n) is 8.97. The molecule has 2 fully saturated rings. The van der Waals surface area contributed by atoms with E-state index in [1.54, 1.807) is 11.8 Å². The molecule has 0 bridgehead atoms. The highest BCUT2D eigenvalue weighted by molar-refractivity contribution is 5.94. The zero-order valence-corrected chi connectivity index (χ0v) is 30.0. The summed E-state index contributed by atoms with van der Waals surface area (Å²) in [6, 6.07) is 6.48. The molecule has 3 heterocycles. The van der Waals surface area contributed by atoms with Gasteiger partial charge in [0.15, 0.2) is 11.9 Å². The van der Waals surface area contributed by atoms with Crippen LogP contribution < -0.4 is 9.47 Å². The van der Waals surface area contributed by atoms with Gasteiger partial charge in [0.1, 0.15) is 17.2 Å². The van der Waals surface area contributed by atoms with E-state index in [4.69, 9.17) is 19.2 Å². The number of amides is 1. The number of hydrogen-bond acceptors (Lipinski definition) is 9. The van der Waals surface area contributed by atoms with Crippen LogP contribution in [0.25, 0.3) is 11.4 Å². The van der Waals surface area contributed by atoms with E-state index in [0.29, 0.717) is 43.6 Å². The number of hydrogen-bond donors (Lipinski definition) is 1. The summed E-state index contributed by atoms with van der Waals surface area (Å²) in [7, 11) is 0. The van der Waals surface area contributed by atoms with E-state index < -0.39 is 58.6 Å². The fourth-order valence-corrected chi connectivity index (χ4v) is 6.09. The normalized spacial score (nSPS) is 17.1. The first kappa shape index (κ1) is 37.6. The zero-order valence-electron chi connectivity index (χ0n) is 30.0. The van der Waals surface area contributed by atoms with Crippen LogP contribution in [0.4, 0.5) is 26.7 Å². The third kappa shape index (κ3) is 8.27. The van der Waals surface area contributed by atoms with Crippen LogP contribution in [0.3, 0.4) is 0 Å². The first-order chi connectivity index (χ1) is 25.0. The Morgan fingerprint density at radius 2 is 1.66 bits per heavy atom. The number of carbonyl (C=O) groups excluding carboxylic acids is 2. The monoisotopic (exact) mass is 742 g/mol. The summed E-state index contributed by atoms with van der Waals surface area (Å²) in [5.74, 6) is -13.4. The molecule has 16 heteroatoms. The van der Waals surface area contributed by atoms with Crippen molar-refractivity contribution in [3.05, 3.63) is 87.8 Å². The lowest BCUT2D eigenvalue weighted by Gasteiger charge is -2.41. The molecule has 2 aromatic heterocycles. The van der Waals surface area contributed by atoms with Gasteiger partial charge < -0.3 is 19.1 Å². The van der Waals surface area contributed by atoms with Crippen LogP contribution in [-0.4, -0.2) is 79.8 Å². The molecule has 0 unspecified atom stereocenters. The first-order valence-electron chi connectivity index (χ1n) is 17.1. The minimum Gasteiger partial charge on any atom is -0.482 e. The van der Waals surface area contributed by atoms with Crippen molar-refractivity contribution in [3.63, 3.8) is 0 Å². The Labute approximate surface area is 302 Å². The molecule has 4 aromatic rings. The molecule has 282 valence electrons. The second-order valence-corrected chi connectivity index (χ2v) is 14.4. The maximum Gasteiger partial charge on any atom is 0.410 e. The van der Waals surface area contributed by atoms with E-state index in [2.05, 4.69) is 20.1 Å². The van der Waals surface area contributed by atoms with Crippen LogP contribution in [0.15, 0.2) is 30.5 Å². The van der Waals surface area contributed by atoms with Crippen LogP contribution in [0.5, 0.6) is 11.5 Å². The molecule has 1 saturated heterocycles. The number of halogens is 5. The molecule has 2 aromatic carbocycles. The van der Waals surface area contributed by atoms with Gasteiger partial charge in [-0.25, -0.2) is 27.7 Å². The van der Waals surface area contributed by atoms with Crippen LogP contribution in [0.2, 0.25) is 0 Å². The summed E-state index contributed by atoms with van der Waals surface area (Å²) in [4.78, 5) is 39.1. The molecule has 11 nitrogen and oxygen atoms in total. The zero-order chi connectivity index (χ0) is 38.4. The number of ether oxygens (including phenoxy) is 3. The van der Waals surface area contributed by atoms with Gasteiger partial charge >= 0.3 is 12.1 Å². The second-order valence-electron chi connectivity index (χ2n) is 14.4. The van der Waals surface area contributed by atoms with Crippen molar-refractivity contribution in [3.8, 4) is 22.9 Å². The lowest BCUT2D eigenvalue weighted by molar-refractivity contribution is -0.00314. The summed E-state index contributed by atoms with van der Waals surface area (Å²) in [5, 5.41) is 6.93. The predicted octanol–water partition coefficient (Wildman–Crippen LogP) is 7.34. The van der Waals surface area contributed by atoms with E-state index in [1.807, 2.05) is 46.0 Å². The summed E-state index contributed by atoms with van der Waals surface area (Å²) >= 11 is 0. The lowest BCUT2D eigenvalue weighted by atomic mass is 10.0. The Kier molecular flexibility index (Phi) is 10.5. The number of esters is 1. The maximum atomic E-state index is 14.4. The average Bonchev–Trinajstić information content (AvgIpc) is 3.87. The second kappa shape index (κ2) is 14.7. The quantitative estimate of drug-likeness (QED) is 0.0617. The fourth-order valence-electron chi connectivity index (χ4n) is 6.09. The highest BCUT2D eigenvalue weighted by Gasteiger charge is 2.34. The molecule has 2 aliphatic rings. The molecule has 2 atom stereocenters. The van der Waals surface area contributed by atoms with E-state index in [-0.39, 0.29) is 34.3 Å². The topological polar surface area (TPSA) is 123 Å². The van der Waals surface area contributed by atoms with Gasteiger partial charge in [-0.1, -0.05) is 6.07 Å². The van der Waals surface area contributed by atoms with Gasteiger partial charge in [-0.3, -0.25) is 15.0 Å². The summed E-state index contributed by atoms with van der Waals surface area (Å²) in [6.07, 6.45) is 2.94. The van der Waals surface area contributed by atoms with Gasteiger partial charge in [0.25, 0.3) is 0 Å². The number of nitrogens with zero attached hydrogens (tertiary/aromatic N) is 5. The summed E-state index contributed by atoms with van der Waals surface area (Å²) < 4.78 is 87.3. The van der Waals surface area contributed by atoms with Crippen LogP contribution >= 0.6 is 0 Å². The van der Waals surface area contributed by atoms with Crippen LogP contribution in [0.1, 0.15) is 85.6 Å². The smallest absolute Gasteiger partial charge is 0.410 e. The number of carbonyl (C=O) groups is 2. The standard InChI is InChI=1S/C37H39F5N6O5/c1-18-13-26(24(34-44-20(3)45-46-34)14-23(18)35(49)52-33-31(41)29(39)28(38)30(40)32(33)42)51-27(25-10-9-22(15-43-25)21-7-8-21)17-47-11-12-48(19(2)16-47)36(50)53-37(4,5)6/h9-10,13-15,19,21,27H,7-8,11-12,16-17H2,1-6H3,(H,44,45,46)/t19-,27-/m1/s1. The van der Waals surface area contributed by atoms with Crippen molar-refractivity contribution in [1.82, 2.24) is 30.0 Å². The van der Waals surface area contributed by atoms with Gasteiger partial charge in [0.2, 0.25) is 34.8 Å². The number of aromatic amines is 1. The Morgan fingerprint density at radius 3 is 2.23 bits per heavy atom. The molecule has 0 spiro atoms. The molecular weight excluding hydrogens is 703 g/mol. The minimum atomic E-state index is -2.38. The van der Waals surface area contributed by atoms with Crippen molar-refractivity contribution in [2.24, 2.45) is 0 Å². The molecule has 1 N–H and O–H groups in total. The van der Waals surface area contributed by atoms with Crippen molar-refractivity contribution < 1.29 is 45.8 Å². The third-order valence-corrected chi connectivity index (χ3v) is 8.97. The van der Waals surface area contributed by atoms with Crippen molar-refractivity contribution in [2.75, 3.05) is 26.2 Å². The molecule has 1 amide bonds. The van der Waals surface area contributed by atoms with Gasteiger partial charge in [-0.2, -0.15) is 13.9 Å². The number of rotatable bonds is 9. The predicted molar refractivity (Wildman–Crippen MR) is 181 cm³/mol. The number of aryl methyl sites for hydroxylation is 2. The number of piperazine rings is 1. The number of H-pyrrole nitrogens is 1. The molecule has 1 aliphatic carbocycles. The lowest BCUT2D eigenvalue weighted by Crippen LogP contribution is -2.55.